The number of hydrogen-bond donors (Lipinski definition) is 5. The van der Waals surface area contributed by atoms with Gasteiger partial charge in [-0.2, -0.15) is 0 Å². The van der Waals surface area contributed by atoms with E-state index in [-0.39, 0.29) is 0 Å². The fraction of sp³-hybridized carbons (Fsp3) is 0.714. The van der Waals surface area contributed by atoms with E-state index in [1.807, 2.05) is 0 Å². The Bertz CT molecular complexity index is 664. The van der Waals surface area contributed by atoms with Crippen molar-refractivity contribution in [3.8, 4) is 0 Å². The number of carbonyl (C=O) groups excluding carboxylic acids is 4. The van der Waals surface area contributed by atoms with Gasteiger partial charge in [-0.15, -0.1) is 0 Å². The van der Waals surface area contributed by atoms with E-state index in [2.05, 4.69) is 15.9 Å². The molecule has 0 aliphatic carbocycles. The Morgan fingerprint density at radius 2 is 1.12 bits per heavy atom. The minimum atomic E-state index is -3.76. The molecule has 0 spiro atoms. The number of aliphatic hydroxyl groups is 5. The zero-order chi connectivity index (χ0) is 20.2. The molecule has 1 saturated heterocycles. The highest BCUT2D eigenvalue weighted by molar-refractivity contribution is 9.10. The van der Waals surface area contributed by atoms with Crippen molar-refractivity contribution < 1.29 is 49.4 Å². The Morgan fingerprint density at radius 1 is 0.760 bits per heavy atom. The number of rotatable bonds is 5. The summed E-state index contributed by atoms with van der Waals surface area (Å²) in [7, 11) is 0. The van der Waals surface area contributed by atoms with Gasteiger partial charge < -0.3 is 30.3 Å². The van der Waals surface area contributed by atoms with Gasteiger partial charge in [0.2, 0.25) is 16.8 Å². The molecule has 5 N–H and O–H groups in total. The van der Waals surface area contributed by atoms with Crippen LogP contribution in [0.2, 0.25) is 0 Å². The van der Waals surface area contributed by atoms with Crippen molar-refractivity contribution in [1.82, 2.24) is 0 Å². The van der Waals surface area contributed by atoms with Crippen LogP contribution in [0.15, 0.2) is 0 Å². The average molecular weight is 427 g/mol. The van der Waals surface area contributed by atoms with Crippen molar-refractivity contribution in [2.24, 2.45) is 0 Å². The van der Waals surface area contributed by atoms with Crippen molar-refractivity contribution in [3.05, 3.63) is 0 Å². The average Bonchev–Trinajstić information content (AvgIpc) is 2.49. The number of halogens is 1. The maximum Gasteiger partial charge on any atom is 0.268 e. The lowest BCUT2D eigenvalue weighted by atomic mass is 9.57. The van der Waals surface area contributed by atoms with Crippen molar-refractivity contribution in [3.63, 3.8) is 0 Å². The van der Waals surface area contributed by atoms with E-state index >= 15 is 0 Å². The zero-order valence-corrected chi connectivity index (χ0v) is 15.4. The topological polar surface area (TPSA) is 179 Å². The molecule has 0 unspecified atom stereocenters. The fourth-order valence-electron chi connectivity index (χ4n) is 3.15. The predicted octanol–water partition coefficient (Wildman–Crippen LogP) is -2.66. The van der Waals surface area contributed by atoms with E-state index in [0.29, 0.717) is 27.7 Å². The van der Waals surface area contributed by atoms with Gasteiger partial charge in [0.15, 0.2) is 27.6 Å². The summed E-state index contributed by atoms with van der Waals surface area (Å²) in [4.78, 5) is 48.4. The molecule has 0 aromatic carbocycles. The summed E-state index contributed by atoms with van der Waals surface area (Å²) in [6, 6.07) is 0. The molecule has 1 rings (SSSR count). The molecule has 10 nitrogen and oxygen atoms in total. The van der Waals surface area contributed by atoms with E-state index in [4.69, 9.17) is 4.74 Å². The first-order chi connectivity index (χ1) is 11.0. The lowest BCUT2D eigenvalue weighted by Gasteiger charge is -2.62. The lowest BCUT2D eigenvalue weighted by molar-refractivity contribution is -0.397. The van der Waals surface area contributed by atoms with Crippen molar-refractivity contribution in [2.75, 3.05) is 6.61 Å². The van der Waals surface area contributed by atoms with Gasteiger partial charge in [-0.25, -0.2) is 0 Å². The molecule has 1 aliphatic rings. The molecule has 1 aliphatic heterocycles. The van der Waals surface area contributed by atoms with Gasteiger partial charge >= 0.3 is 0 Å². The van der Waals surface area contributed by atoms with E-state index in [0.717, 1.165) is 0 Å². The molecule has 0 bridgehead atoms. The van der Waals surface area contributed by atoms with Crippen LogP contribution in [0.3, 0.4) is 0 Å². The Hall–Kier alpha value is -1.08. The normalized spacial score (nSPS) is 44.2. The van der Waals surface area contributed by atoms with Crippen molar-refractivity contribution in [1.29, 1.82) is 0 Å². The molecule has 142 valence electrons. The summed E-state index contributed by atoms with van der Waals surface area (Å²) in [5, 5.41) is 52.8. The van der Waals surface area contributed by atoms with Gasteiger partial charge in [-0.3, -0.25) is 19.2 Å². The first kappa shape index (κ1) is 22.0. The van der Waals surface area contributed by atoms with Crippen LogP contribution in [-0.2, 0) is 23.9 Å². The van der Waals surface area contributed by atoms with E-state index in [1.165, 1.54) is 0 Å². The summed E-state index contributed by atoms with van der Waals surface area (Å²) < 4.78 is 2.08. The van der Waals surface area contributed by atoms with E-state index < -0.39 is 56.8 Å². The summed E-state index contributed by atoms with van der Waals surface area (Å²) >= 11 is 2.62. The molecule has 25 heavy (non-hydrogen) atoms. The highest BCUT2D eigenvalue weighted by atomic mass is 79.9. The van der Waals surface area contributed by atoms with Gasteiger partial charge in [0.25, 0.3) is 5.79 Å². The van der Waals surface area contributed by atoms with Crippen LogP contribution in [0.5, 0.6) is 0 Å². The van der Waals surface area contributed by atoms with Crippen LogP contribution >= 0.6 is 15.9 Å². The minimum absolute atomic E-state index is 0.603. The van der Waals surface area contributed by atoms with Gasteiger partial charge in [-0.1, -0.05) is 0 Å². The quantitative estimate of drug-likeness (QED) is 0.291. The van der Waals surface area contributed by atoms with E-state index in [9.17, 15) is 44.7 Å². The molecular weight excluding hydrogens is 408 g/mol. The molecule has 1 heterocycles. The van der Waals surface area contributed by atoms with Crippen molar-refractivity contribution >= 4 is 39.1 Å². The van der Waals surface area contributed by atoms with Crippen LogP contribution in [0.4, 0.5) is 0 Å². The zero-order valence-electron chi connectivity index (χ0n) is 13.9. The van der Waals surface area contributed by atoms with Crippen LogP contribution in [0, 0.1) is 0 Å². The molecule has 0 saturated carbocycles. The number of ether oxygens (including phenoxy) is 1. The first-order valence-electron chi connectivity index (χ1n) is 6.98. The number of aliphatic hydroxyl groups excluding tert-OH is 1. The number of ketones is 4. The Kier molecular flexibility index (Phi) is 5.25. The Morgan fingerprint density at radius 3 is 1.36 bits per heavy atom. The first-order valence-corrected chi connectivity index (χ1v) is 7.77. The second-order valence-corrected chi connectivity index (χ2v) is 7.27. The van der Waals surface area contributed by atoms with E-state index in [1.54, 1.807) is 0 Å². The largest absolute Gasteiger partial charge is 0.392 e. The summed E-state index contributed by atoms with van der Waals surface area (Å²) in [5.41, 5.74) is -11.0. The third-order valence-electron chi connectivity index (χ3n) is 4.60. The highest BCUT2D eigenvalue weighted by Crippen LogP contribution is 2.56. The number of Topliss-reactive ketones (excluding diaryl/α,β-unsaturated/α-hetero) is 4. The molecule has 1 fully saturated rings. The van der Waals surface area contributed by atoms with Crippen LogP contribution in [-0.4, -0.2) is 82.4 Å². The van der Waals surface area contributed by atoms with Gasteiger partial charge in [-0.05, 0) is 36.7 Å². The fourth-order valence-corrected chi connectivity index (χ4v) is 3.95. The third-order valence-corrected chi connectivity index (χ3v) is 5.58. The molecule has 11 heteroatoms. The molecular formula is C14H19BrO10. The maximum absolute atomic E-state index is 12.2. The number of carbonyl (C=O) groups is 4. The summed E-state index contributed by atoms with van der Waals surface area (Å²) in [6.45, 7) is 1.21. The molecule has 0 aromatic heterocycles. The Balaban J connectivity index is 4.19. The van der Waals surface area contributed by atoms with Crippen LogP contribution < -0.4 is 0 Å². The lowest BCUT2D eigenvalue weighted by Crippen LogP contribution is -2.92. The smallest absolute Gasteiger partial charge is 0.268 e. The standard InChI is InChI=1S/C14H19BrO10/c1-6(17)11(21)10(15,5-16)25-14(24,9(4)20)13(23,8(3)19)12(11,22)7(2)18/h16,21-24H,5H2,1-4H3/t10-,11-,12+,13-,14-/m1/s1. The number of hydrogen-bond acceptors (Lipinski definition) is 10. The maximum atomic E-state index is 12.2. The summed E-state index contributed by atoms with van der Waals surface area (Å²) in [6.07, 6.45) is 0. The van der Waals surface area contributed by atoms with Gasteiger partial charge in [0.05, 0.1) is 6.61 Å². The summed E-state index contributed by atoms with van der Waals surface area (Å²) in [5.74, 6) is -9.50. The molecule has 5 atom stereocenters. The van der Waals surface area contributed by atoms with Crippen molar-refractivity contribution in [2.45, 2.75) is 54.8 Å². The molecule has 0 radical (unpaired) electrons. The van der Waals surface area contributed by atoms with Crippen LogP contribution in [0.1, 0.15) is 27.7 Å². The van der Waals surface area contributed by atoms with Gasteiger partial charge in [0.1, 0.15) is 0 Å². The third kappa shape index (κ3) is 2.17. The second-order valence-electron chi connectivity index (χ2n) is 5.99. The second kappa shape index (κ2) is 5.98. The highest BCUT2D eigenvalue weighted by Gasteiger charge is 2.87. The Labute approximate surface area is 150 Å². The predicted molar refractivity (Wildman–Crippen MR) is 82.4 cm³/mol. The molecule has 0 amide bonds. The minimum Gasteiger partial charge on any atom is -0.392 e. The SMILES string of the molecule is CC(=O)[C@@]1(O)[C@](O)(C(C)=O)[C@@](O)(C(C)=O)O[C@](Br)(CO)[C@]1(O)C(C)=O. The van der Waals surface area contributed by atoms with Gasteiger partial charge in [0, 0.05) is 6.92 Å². The van der Waals surface area contributed by atoms with Crippen LogP contribution in [0.25, 0.3) is 0 Å². The monoisotopic (exact) mass is 426 g/mol. The molecule has 0 aromatic rings. The number of alkyl halides is 1.